The van der Waals surface area contributed by atoms with Crippen LogP contribution in [0.25, 0.3) is 0 Å². The molecule has 0 aliphatic carbocycles. The molecule has 0 amide bonds. The second kappa shape index (κ2) is 6.98. The van der Waals surface area contributed by atoms with Crippen molar-refractivity contribution in [2.45, 2.75) is 51.2 Å². The van der Waals surface area contributed by atoms with E-state index in [1.165, 1.54) is 0 Å². The number of hydrogen-bond acceptors (Lipinski definition) is 5. The molecule has 0 spiro atoms. The first kappa shape index (κ1) is 16.8. The predicted octanol–water partition coefficient (Wildman–Crippen LogP) is 2.33. The molecule has 2 atom stereocenters. The molecule has 116 valence electrons. The van der Waals surface area contributed by atoms with Gasteiger partial charge in [0.1, 0.15) is 13.2 Å². The van der Waals surface area contributed by atoms with Gasteiger partial charge in [0.25, 0.3) is 0 Å². The zero-order valence-corrected chi connectivity index (χ0v) is 11.2. The number of nitrogens with two attached hydrogens (primary N) is 1. The van der Waals surface area contributed by atoms with E-state index in [1.54, 1.807) is 6.92 Å². The minimum absolute atomic E-state index is 0.0177. The molecule has 0 bridgehead atoms. The summed E-state index contributed by atoms with van der Waals surface area (Å²) in [6, 6.07) is -0.211. The Bertz CT molecular complexity index is 412. The number of halogens is 4. The van der Waals surface area contributed by atoms with Gasteiger partial charge in [0, 0.05) is 6.04 Å². The molecule has 0 aliphatic heterocycles. The van der Waals surface area contributed by atoms with Crippen molar-refractivity contribution in [2.75, 3.05) is 6.61 Å². The van der Waals surface area contributed by atoms with Gasteiger partial charge in [0.05, 0.1) is 5.92 Å². The van der Waals surface area contributed by atoms with Crippen LogP contribution in [0.15, 0.2) is 4.52 Å². The van der Waals surface area contributed by atoms with Crippen molar-refractivity contribution in [1.82, 2.24) is 10.1 Å². The first-order valence-electron chi connectivity index (χ1n) is 6.09. The molecule has 1 aromatic heterocycles. The number of aromatic nitrogens is 2. The zero-order valence-electron chi connectivity index (χ0n) is 11.2. The van der Waals surface area contributed by atoms with E-state index in [1.807, 2.05) is 6.92 Å². The van der Waals surface area contributed by atoms with Crippen LogP contribution in [0, 0.1) is 0 Å². The summed E-state index contributed by atoms with van der Waals surface area (Å²) in [5.74, 6) is -4.05. The van der Waals surface area contributed by atoms with Gasteiger partial charge >= 0.3 is 12.3 Å². The molecule has 1 heterocycles. The third-order valence-electron chi connectivity index (χ3n) is 2.72. The van der Waals surface area contributed by atoms with Gasteiger partial charge in [0.15, 0.2) is 5.82 Å². The van der Waals surface area contributed by atoms with E-state index >= 15 is 0 Å². The van der Waals surface area contributed by atoms with Crippen LogP contribution in [0.5, 0.6) is 0 Å². The molecular weight excluding hydrogens is 282 g/mol. The summed E-state index contributed by atoms with van der Waals surface area (Å²) in [6.45, 7) is 1.83. The van der Waals surface area contributed by atoms with Gasteiger partial charge in [-0.05, 0) is 13.3 Å². The summed E-state index contributed by atoms with van der Waals surface area (Å²) in [5, 5.41) is 3.53. The lowest BCUT2D eigenvalue weighted by Crippen LogP contribution is -2.32. The van der Waals surface area contributed by atoms with Crippen LogP contribution in [0.3, 0.4) is 0 Å². The topological polar surface area (TPSA) is 74.2 Å². The SMILES string of the molecule is CCC(c1nc(COCC(F)(F)C(F)F)no1)C(C)N. The maximum Gasteiger partial charge on any atom is 0.330 e. The Morgan fingerprint density at radius 1 is 1.40 bits per heavy atom. The van der Waals surface area contributed by atoms with Crippen molar-refractivity contribution in [2.24, 2.45) is 5.73 Å². The van der Waals surface area contributed by atoms with Crippen LogP contribution in [0.1, 0.15) is 37.9 Å². The molecule has 0 radical (unpaired) electrons. The average molecular weight is 299 g/mol. The molecular formula is C11H17F4N3O2. The Balaban J connectivity index is 2.53. The Morgan fingerprint density at radius 3 is 2.55 bits per heavy atom. The van der Waals surface area contributed by atoms with Crippen LogP contribution < -0.4 is 5.73 Å². The van der Waals surface area contributed by atoms with E-state index in [9.17, 15) is 17.6 Å². The molecule has 0 aliphatic rings. The molecule has 0 saturated carbocycles. The van der Waals surface area contributed by atoms with E-state index in [-0.39, 0.29) is 23.7 Å². The van der Waals surface area contributed by atoms with Crippen LogP contribution in [0.4, 0.5) is 17.6 Å². The van der Waals surface area contributed by atoms with Crippen molar-refractivity contribution in [3.8, 4) is 0 Å². The Morgan fingerprint density at radius 2 is 2.05 bits per heavy atom. The number of nitrogens with zero attached hydrogens (tertiary/aromatic N) is 2. The molecule has 2 N–H and O–H groups in total. The normalized spacial score (nSPS) is 15.6. The number of ether oxygens (including phenoxy) is 1. The van der Waals surface area contributed by atoms with Crippen LogP contribution in [-0.4, -0.2) is 35.1 Å². The highest BCUT2D eigenvalue weighted by Crippen LogP contribution is 2.24. The number of rotatable bonds is 8. The largest absolute Gasteiger partial charge is 0.367 e. The lowest BCUT2D eigenvalue weighted by molar-refractivity contribution is -0.168. The minimum Gasteiger partial charge on any atom is -0.367 e. The predicted molar refractivity (Wildman–Crippen MR) is 61.6 cm³/mol. The van der Waals surface area contributed by atoms with Gasteiger partial charge in [-0.3, -0.25) is 0 Å². The van der Waals surface area contributed by atoms with E-state index in [0.29, 0.717) is 6.42 Å². The fourth-order valence-corrected chi connectivity index (χ4v) is 1.59. The molecule has 0 saturated heterocycles. The summed E-state index contributed by atoms with van der Waals surface area (Å²) in [6.07, 6.45) is -3.10. The van der Waals surface area contributed by atoms with Crippen molar-refractivity contribution in [3.05, 3.63) is 11.7 Å². The van der Waals surface area contributed by atoms with Crippen molar-refractivity contribution < 1.29 is 26.8 Å². The molecule has 1 aromatic rings. The summed E-state index contributed by atoms with van der Waals surface area (Å²) in [7, 11) is 0. The molecule has 5 nitrogen and oxygen atoms in total. The summed E-state index contributed by atoms with van der Waals surface area (Å²) in [4.78, 5) is 3.95. The zero-order chi connectivity index (χ0) is 15.3. The van der Waals surface area contributed by atoms with Crippen LogP contribution in [-0.2, 0) is 11.3 Å². The van der Waals surface area contributed by atoms with Crippen molar-refractivity contribution in [3.63, 3.8) is 0 Å². The molecule has 2 unspecified atom stereocenters. The molecule has 1 rings (SSSR count). The Kier molecular flexibility index (Phi) is 5.88. The van der Waals surface area contributed by atoms with Gasteiger partial charge in [-0.25, -0.2) is 8.78 Å². The molecule has 0 aromatic carbocycles. The van der Waals surface area contributed by atoms with Gasteiger partial charge in [0.2, 0.25) is 5.89 Å². The maximum atomic E-state index is 12.6. The highest BCUT2D eigenvalue weighted by molar-refractivity contribution is 4.96. The van der Waals surface area contributed by atoms with Gasteiger partial charge in [-0.15, -0.1) is 0 Å². The number of hydrogen-bond donors (Lipinski definition) is 1. The third-order valence-corrected chi connectivity index (χ3v) is 2.72. The third kappa shape index (κ3) is 4.41. The standard InChI is InChI=1S/C11H17F4N3O2/c1-3-7(6(2)16)9-17-8(18-20-9)4-19-5-11(14,15)10(12)13/h6-7,10H,3-5,16H2,1-2H3. The smallest absolute Gasteiger partial charge is 0.330 e. The second-order valence-corrected chi connectivity index (χ2v) is 4.48. The van der Waals surface area contributed by atoms with Crippen LogP contribution >= 0.6 is 0 Å². The highest BCUT2D eigenvalue weighted by atomic mass is 19.3. The van der Waals surface area contributed by atoms with Crippen LogP contribution in [0.2, 0.25) is 0 Å². The van der Waals surface area contributed by atoms with E-state index in [2.05, 4.69) is 14.9 Å². The fourth-order valence-electron chi connectivity index (χ4n) is 1.59. The highest BCUT2D eigenvalue weighted by Gasteiger charge is 2.41. The first-order valence-corrected chi connectivity index (χ1v) is 6.09. The maximum absolute atomic E-state index is 12.6. The average Bonchev–Trinajstić information content (AvgIpc) is 2.77. The quantitative estimate of drug-likeness (QED) is 0.746. The second-order valence-electron chi connectivity index (χ2n) is 4.48. The van der Waals surface area contributed by atoms with Gasteiger partial charge in [-0.1, -0.05) is 12.1 Å². The molecule has 20 heavy (non-hydrogen) atoms. The van der Waals surface area contributed by atoms with E-state index in [0.717, 1.165) is 0 Å². The Hall–Kier alpha value is -1.22. The van der Waals surface area contributed by atoms with Crippen molar-refractivity contribution in [1.29, 1.82) is 0 Å². The Labute approximate surface area is 113 Å². The number of alkyl halides is 4. The fraction of sp³-hybridized carbons (Fsp3) is 0.818. The van der Waals surface area contributed by atoms with Gasteiger partial charge < -0.3 is 15.0 Å². The van der Waals surface area contributed by atoms with Crippen molar-refractivity contribution >= 4 is 0 Å². The summed E-state index contributed by atoms with van der Waals surface area (Å²) >= 11 is 0. The summed E-state index contributed by atoms with van der Waals surface area (Å²) < 4.78 is 58.4. The minimum atomic E-state index is -4.19. The lowest BCUT2D eigenvalue weighted by atomic mass is 9.99. The monoisotopic (exact) mass is 299 g/mol. The molecule has 0 fully saturated rings. The van der Waals surface area contributed by atoms with Gasteiger partial charge in [-0.2, -0.15) is 13.8 Å². The molecule has 9 heteroatoms. The summed E-state index contributed by atoms with van der Waals surface area (Å²) in [5.41, 5.74) is 5.74. The lowest BCUT2D eigenvalue weighted by Gasteiger charge is -2.14. The first-order chi connectivity index (χ1) is 9.27. The van der Waals surface area contributed by atoms with E-state index < -0.39 is 25.6 Å². The van der Waals surface area contributed by atoms with E-state index in [4.69, 9.17) is 10.3 Å².